The highest BCUT2D eigenvalue weighted by molar-refractivity contribution is 6.01. The highest BCUT2D eigenvalue weighted by Crippen LogP contribution is 2.42. The molecule has 0 saturated carbocycles. The average Bonchev–Trinajstić information content (AvgIpc) is 3.32. The molecular weight excluding hydrogens is 364 g/mol. The van der Waals surface area contributed by atoms with Crippen LogP contribution in [0.1, 0.15) is 17.0 Å². The molecule has 0 radical (unpaired) electrons. The van der Waals surface area contributed by atoms with Gasteiger partial charge in [0.2, 0.25) is 12.9 Å². The molecule has 0 aliphatic carbocycles. The van der Waals surface area contributed by atoms with Gasteiger partial charge in [0, 0.05) is 5.57 Å². The Balaban J connectivity index is 1.77. The van der Waals surface area contributed by atoms with Crippen molar-refractivity contribution in [3.8, 4) is 17.2 Å². The molecule has 4 rings (SSSR count). The quantitative estimate of drug-likeness (QED) is 0.594. The number of cyclic esters (lactones) is 1. The normalized spacial score (nSPS) is 21.5. The summed E-state index contributed by atoms with van der Waals surface area (Å²) in [4.78, 5) is 24.8. The van der Waals surface area contributed by atoms with Gasteiger partial charge < -0.3 is 23.7 Å². The van der Waals surface area contributed by atoms with Crippen molar-refractivity contribution in [2.75, 3.05) is 21.0 Å². The zero-order chi connectivity index (χ0) is 19.7. The summed E-state index contributed by atoms with van der Waals surface area (Å²) in [6.45, 7) is 0.133. The second-order valence-corrected chi connectivity index (χ2v) is 6.31. The second kappa shape index (κ2) is 7.26. The van der Waals surface area contributed by atoms with Crippen molar-refractivity contribution in [3.63, 3.8) is 0 Å². The molecule has 0 bridgehead atoms. The van der Waals surface area contributed by atoms with Crippen LogP contribution >= 0.6 is 0 Å². The van der Waals surface area contributed by atoms with Crippen molar-refractivity contribution >= 4 is 18.0 Å². The van der Waals surface area contributed by atoms with Crippen LogP contribution in [0.25, 0.3) is 6.08 Å². The molecule has 0 amide bonds. The molecule has 2 aliphatic heterocycles. The van der Waals surface area contributed by atoms with Crippen LogP contribution in [-0.2, 0) is 19.1 Å². The van der Waals surface area contributed by atoms with Crippen LogP contribution in [0.2, 0.25) is 0 Å². The molecule has 1 fully saturated rings. The van der Waals surface area contributed by atoms with Gasteiger partial charge in [0.1, 0.15) is 5.75 Å². The highest BCUT2D eigenvalue weighted by atomic mass is 16.7. The van der Waals surface area contributed by atoms with Crippen LogP contribution in [0, 0.1) is 0 Å². The molecule has 144 valence electrons. The number of ether oxygens (including phenoxy) is 5. The lowest BCUT2D eigenvalue weighted by Crippen LogP contribution is -2.27. The van der Waals surface area contributed by atoms with E-state index in [1.165, 1.54) is 7.11 Å². The lowest BCUT2D eigenvalue weighted by molar-refractivity contribution is -0.159. The van der Waals surface area contributed by atoms with Gasteiger partial charge in [-0.2, -0.15) is 0 Å². The Labute approximate surface area is 161 Å². The number of benzene rings is 2. The molecular formula is C21H18O7. The molecule has 0 spiro atoms. The standard InChI is InChI=1S/C21H18O7/c1-24-14-6-3-12(4-7-14)9-15-18(19(21(23)25-2)28-20(15)22)13-5-8-16-17(10-13)27-11-26-16/h3-10,18-19H,11H2,1-2H3/b15-9+/t18-,19+/m1/s1. The van der Waals surface area contributed by atoms with Crippen molar-refractivity contribution in [1.82, 2.24) is 0 Å². The molecule has 2 aromatic carbocycles. The Morgan fingerprint density at radius 3 is 2.54 bits per heavy atom. The third kappa shape index (κ3) is 3.15. The van der Waals surface area contributed by atoms with Gasteiger partial charge in [-0.1, -0.05) is 18.2 Å². The van der Waals surface area contributed by atoms with E-state index < -0.39 is 24.0 Å². The zero-order valence-electron chi connectivity index (χ0n) is 15.3. The van der Waals surface area contributed by atoms with Crippen LogP contribution in [-0.4, -0.2) is 39.1 Å². The first kappa shape index (κ1) is 17.9. The van der Waals surface area contributed by atoms with Gasteiger partial charge >= 0.3 is 11.9 Å². The molecule has 1 saturated heterocycles. The molecule has 0 N–H and O–H groups in total. The van der Waals surface area contributed by atoms with E-state index in [0.717, 1.165) is 5.56 Å². The lowest BCUT2D eigenvalue weighted by Gasteiger charge is -2.16. The maximum Gasteiger partial charge on any atom is 0.348 e. The minimum Gasteiger partial charge on any atom is -0.497 e. The number of fused-ring (bicyclic) bond motifs is 1. The molecule has 2 heterocycles. The topological polar surface area (TPSA) is 80.3 Å². The van der Waals surface area contributed by atoms with Crippen molar-refractivity contribution in [1.29, 1.82) is 0 Å². The van der Waals surface area contributed by atoms with Crippen LogP contribution in [0.4, 0.5) is 0 Å². The maximum absolute atomic E-state index is 12.6. The van der Waals surface area contributed by atoms with Crippen LogP contribution in [0.5, 0.6) is 17.2 Å². The smallest absolute Gasteiger partial charge is 0.348 e. The molecule has 2 atom stereocenters. The summed E-state index contributed by atoms with van der Waals surface area (Å²) in [6, 6.07) is 12.5. The summed E-state index contributed by atoms with van der Waals surface area (Å²) < 4.78 is 26.1. The summed E-state index contributed by atoms with van der Waals surface area (Å²) in [7, 11) is 2.84. The third-order valence-corrected chi connectivity index (χ3v) is 4.73. The Kier molecular flexibility index (Phi) is 4.65. The number of rotatable bonds is 4. The molecule has 2 aliphatic rings. The Morgan fingerprint density at radius 2 is 1.82 bits per heavy atom. The average molecular weight is 382 g/mol. The van der Waals surface area contributed by atoms with Crippen LogP contribution in [0.15, 0.2) is 48.0 Å². The SMILES string of the molecule is COC(=O)[C@H]1OC(=O)/C(=C/c2ccc(OC)cc2)[C@H]1c1ccc2c(c1)OCO2. The monoisotopic (exact) mass is 382 g/mol. The summed E-state index contributed by atoms with van der Waals surface area (Å²) in [5.74, 6) is 0.0732. The van der Waals surface area contributed by atoms with Crippen LogP contribution in [0.3, 0.4) is 0 Å². The van der Waals surface area contributed by atoms with Gasteiger partial charge in [0.05, 0.1) is 20.1 Å². The van der Waals surface area contributed by atoms with Gasteiger partial charge in [0.25, 0.3) is 0 Å². The summed E-state index contributed by atoms with van der Waals surface area (Å²) in [6.07, 6.45) is 0.641. The van der Waals surface area contributed by atoms with E-state index in [0.29, 0.717) is 28.4 Å². The van der Waals surface area contributed by atoms with Crippen molar-refractivity contribution in [3.05, 3.63) is 59.2 Å². The summed E-state index contributed by atoms with van der Waals surface area (Å²) in [5, 5.41) is 0. The van der Waals surface area contributed by atoms with Gasteiger partial charge in [-0.3, -0.25) is 0 Å². The first-order valence-electron chi connectivity index (χ1n) is 8.64. The number of methoxy groups -OCH3 is 2. The zero-order valence-corrected chi connectivity index (χ0v) is 15.3. The Morgan fingerprint density at radius 1 is 1.07 bits per heavy atom. The minimum absolute atomic E-state index is 0.133. The van der Waals surface area contributed by atoms with E-state index in [1.807, 2.05) is 12.1 Å². The summed E-state index contributed by atoms with van der Waals surface area (Å²) in [5.41, 5.74) is 1.84. The minimum atomic E-state index is -1.07. The third-order valence-electron chi connectivity index (χ3n) is 4.73. The number of hydrogen-bond acceptors (Lipinski definition) is 7. The predicted octanol–water partition coefficient (Wildman–Crippen LogP) is 2.69. The second-order valence-electron chi connectivity index (χ2n) is 6.31. The molecule has 7 heteroatoms. The molecule has 7 nitrogen and oxygen atoms in total. The fourth-order valence-corrected chi connectivity index (χ4v) is 3.33. The largest absolute Gasteiger partial charge is 0.497 e. The van der Waals surface area contributed by atoms with Crippen molar-refractivity contribution < 1.29 is 33.3 Å². The maximum atomic E-state index is 12.6. The van der Waals surface area contributed by atoms with Crippen molar-refractivity contribution in [2.45, 2.75) is 12.0 Å². The lowest BCUT2D eigenvalue weighted by atomic mass is 9.87. The van der Waals surface area contributed by atoms with E-state index in [9.17, 15) is 9.59 Å². The van der Waals surface area contributed by atoms with E-state index in [-0.39, 0.29) is 6.79 Å². The molecule has 2 aromatic rings. The number of carbonyl (C=O) groups excluding carboxylic acids is 2. The summed E-state index contributed by atoms with van der Waals surface area (Å²) >= 11 is 0. The molecule has 0 aromatic heterocycles. The molecule has 0 unspecified atom stereocenters. The fraction of sp³-hybridized carbons (Fsp3) is 0.238. The van der Waals surface area contributed by atoms with E-state index in [1.54, 1.807) is 43.5 Å². The Hall–Kier alpha value is -3.48. The van der Waals surface area contributed by atoms with Gasteiger partial charge in [0.15, 0.2) is 11.5 Å². The first-order chi connectivity index (χ1) is 13.6. The van der Waals surface area contributed by atoms with Gasteiger partial charge in [-0.25, -0.2) is 9.59 Å². The van der Waals surface area contributed by atoms with E-state index in [2.05, 4.69) is 0 Å². The van der Waals surface area contributed by atoms with Crippen molar-refractivity contribution in [2.24, 2.45) is 0 Å². The highest BCUT2D eigenvalue weighted by Gasteiger charge is 2.46. The van der Waals surface area contributed by atoms with E-state index in [4.69, 9.17) is 23.7 Å². The van der Waals surface area contributed by atoms with Gasteiger partial charge in [-0.05, 0) is 41.5 Å². The molecule has 28 heavy (non-hydrogen) atoms. The first-order valence-corrected chi connectivity index (χ1v) is 8.64. The van der Waals surface area contributed by atoms with Gasteiger partial charge in [-0.15, -0.1) is 0 Å². The Bertz CT molecular complexity index is 946. The fourth-order valence-electron chi connectivity index (χ4n) is 3.33. The predicted molar refractivity (Wildman–Crippen MR) is 98.2 cm³/mol. The van der Waals surface area contributed by atoms with E-state index >= 15 is 0 Å². The number of esters is 2. The number of carbonyl (C=O) groups is 2. The number of hydrogen-bond donors (Lipinski definition) is 0. The van der Waals surface area contributed by atoms with Crippen LogP contribution < -0.4 is 14.2 Å².